The summed E-state index contributed by atoms with van der Waals surface area (Å²) in [5.74, 6) is 0.960. The molecular weight excluding hydrogens is 499 g/mol. The summed E-state index contributed by atoms with van der Waals surface area (Å²) in [5, 5.41) is 3.21. The molecule has 5 rings (SSSR count). The lowest BCUT2D eigenvalue weighted by molar-refractivity contribution is -0.162. The topological polar surface area (TPSA) is 99.3 Å². The molecule has 0 unspecified atom stereocenters. The van der Waals surface area contributed by atoms with E-state index in [1.165, 1.54) is 4.90 Å². The molecule has 1 saturated heterocycles. The van der Waals surface area contributed by atoms with E-state index in [1.54, 1.807) is 25.7 Å². The zero-order chi connectivity index (χ0) is 26.7. The molecule has 0 atom stereocenters. The molecule has 1 aliphatic heterocycles. The number of hydrogen-bond donors (Lipinski definition) is 2. The largest absolute Gasteiger partial charge is 0.494 e. The van der Waals surface area contributed by atoms with E-state index in [0.29, 0.717) is 37.1 Å². The molecule has 4 aromatic rings. The Morgan fingerprint density at radius 3 is 2.68 bits per heavy atom. The molecule has 9 nitrogen and oxygen atoms in total. The van der Waals surface area contributed by atoms with Crippen molar-refractivity contribution in [2.75, 3.05) is 38.6 Å². The van der Waals surface area contributed by atoms with Crippen LogP contribution in [-0.4, -0.2) is 75.1 Å². The van der Waals surface area contributed by atoms with Crippen LogP contribution in [-0.2, 0) is 11.3 Å². The van der Waals surface area contributed by atoms with E-state index in [2.05, 4.69) is 30.2 Å². The van der Waals surface area contributed by atoms with Crippen molar-refractivity contribution in [2.45, 2.75) is 19.1 Å². The van der Waals surface area contributed by atoms with E-state index in [4.69, 9.17) is 4.74 Å². The SMILES string of the molecule is COc1cnccc1-c1ccc2nc(Nc3cc(CN4CCN(C(=O)CC(F)(F)F)CC4)ccn3)[nH]c2c1. The van der Waals surface area contributed by atoms with Gasteiger partial charge in [0.15, 0.2) is 0 Å². The number of fused-ring (bicyclic) bond motifs is 1. The first-order chi connectivity index (χ1) is 18.3. The standard InChI is InChI=1S/C26H26F3N7O2/c1-38-22-15-30-6-5-19(22)18-2-3-20-21(13-18)33-25(32-20)34-23-12-17(4-7-31-23)16-35-8-10-36(11-9-35)24(37)14-26(27,28)29/h2-7,12-13,15H,8-11,14,16H2,1H3,(H2,31,32,33,34). The number of anilines is 2. The second-order valence-electron chi connectivity index (χ2n) is 9.02. The number of imidazole rings is 1. The number of nitrogens with zero attached hydrogens (tertiary/aromatic N) is 5. The average Bonchev–Trinajstić information content (AvgIpc) is 3.29. The van der Waals surface area contributed by atoms with Crippen molar-refractivity contribution in [1.29, 1.82) is 0 Å². The number of H-pyrrole nitrogens is 1. The highest BCUT2D eigenvalue weighted by molar-refractivity contribution is 5.85. The van der Waals surface area contributed by atoms with Gasteiger partial charge in [0.25, 0.3) is 0 Å². The van der Waals surface area contributed by atoms with E-state index in [9.17, 15) is 18.0 Å². The van der Waals surface area contributed by atoms with Crippen molar-refractivity contribution >= 4 is 28.7 Å². The van der Waals surface area contributed by atoms with Gasteiger partial charge in [0.05, 0.1) is 24.3 Å². The monoisotopic (exact) mass is 525 g/mol. The van der Waals surface area contributed by atoms with Gasteiger partial charge in [-0.2, -0.15) is 13.2 Å². The number of carbonyl (C=O) groups is 1. The van der Waals surface area contributed by atoms with Crippen LogP contribution in [0, 0.1) is 0 Å². The summed E-state index contributed by atoms with van der Waals surface area (Å²) in [6.45, 7) is 2.15. The van der Waals surface area contributed by atoms with Gasteiger partial charge in [-0.1, -0.05) is 6.07 Å². The number of aromatic nitrogens is 4. The average molecular weight is 526 g/mol. The Balaban J connectivity index is 1.22. The number of rotatable bonds is 7. The summed E-state index contributed by atoms with van der Waals surface area (Å²) in [6, 6.07) is 11.6. The zero-order valence-corrected chi connectivity index (χ0v) is 20.6. The summed E-state index contributed by atoms with van der Waals surface area (Å²) < 4.78 is 43.0. The second kappa shape index (κ2) is 10.7. The third-order valence-electron chi connectivity index (χ3n) is 6.35. The molecule has 1 aromatic carbocycles. The summed E-state index contributed by atoms with van der Waals surface area (Å²) in [7, 11) is 1.61. The Labute approximate surface area is 216 Å². The fraction of sp³-hybridized carbons (Fsp3) is 0.308. The maximum Gasteiger partial charge on any atom is 0.397 e. The molecule has 0 radical (unpaired) electrons. The molecule has 0 saturated carbocycles. The third kappa shape index (κ3) is 6.02. The van der Waals surface area contributed by atoms with E-state index >= 15 is 0 Å². The molecule has 0 aliphatic carbocycles. The van der Waals surface area contributed by atoms with Crippen molar-refractivity contribution in [3.63, 3.8) is 0 Å². The minimum absolute atomic E-state index is 0.275. The molecule has 0 spiro atoms. The molecule has 12 heteroatoms. The molecule has 3 aromatic heterocycles. The van der Waals surface area contributed by atoms with Crippen molar-refractivity contribution in [3.8, 4) is 16.9 Å². The molecule has 1 fully saturated rings. The molecule has 4 heterocycles. The lowest BCUT2D eigenvalue weighted by Crippen LogP contribution is -2.49. The Kier molecular flexibility index (Phi) is 7.14. The van der Waals surface area contributed by atoms with Crippen molar-refractivity contribution in [3.05, 3.63) is 60.6 Å². The van der Waals surface area contributed by atoms with Crippen molar-refractivity contribution in [2.24, 2.45) is 0 Å². The first kappa shape index (κ1) is 25.5. The normalized spacial score (nSPS) is 14.6. The Morgan fingerprint density at radius 2 is 1.92 bits per heavy atom. The number of pyridine rings is 2. The van der Waals surface area contributed by atoms with Gasteiger partial charge in [-0.05, 0) is 41.5 Å². The first-order valence-electron chi connectivity index (χ1n) is 12.0. The lowest BCUT2D eigenvalue weighted by Gasteiger charge is -2.35. The summed E-state index contributed by atoms with van der Waals surface area (Å²) >= 11 is 0. The summed E-state index contributed by atoms with van der Waals surface area (Å²) in [6.07, 6.45) is -0.811. The Hall–Kier alpha value is -4.19. The number of nitrogens with one attached hydrogen (secondary N) is 2. The summed E-state index contributed by atoms with van der Waals surface area (Å²) in [4.78, 5) is 31.6. The minimum atomic E-state index is -4.48. The van der Waals surface area contributed by atoms with Gasteiger partial charge in [0.2, 0.25) is 11.9 Å². The first-order valence-corrected chi connectivity index (χ1v) is 12.0. The number of alkyl halides is 3. The minimum Gasteiger partial charge on any atom is -0.494 e. The fourth-order valence-corrected chi connectivity index (χ4v) is 4.48. The second-order valence-corrected chi connectivity index (χ2v) is 9.02. The number of piperazine rings is 1. The molecule has 0 bridgehead atoms. The number of benzene rings is 1. The smallest absolute Gasteiger partial charge is 0.397 e. The molecule has 1 amide bonds. The van der Waals surface area contributed by atoms with Crippen LogP contribution in [0.4, 0.5) is 24.9 Å². The van der Waals surface area contributed by atoms with Gasteiger partial charge >= 0.3 is 6.18 Å². The Bertz CT molecular complexity index is 1430. The van der Waals surface area contributed by atoms with Crippen LogP contribution in [0.15, 0.2) is 55.0 Å². The molecule has 2 N–H and O–H groups in total. The highest BCUT2D eigenvalue weighted by Crippen LogP contribution is 2.31. The number of ether oxygens (including phenoxy) is 1. The highest BCUT2D eigenvalue weighted by atomic mass is 19.4. The molecule has 198 valence electrons. The van der Waals surface area contributed by atoms with E-state index in [0.717, 1.165) is 27.7 Å². The third-order valence-corrected chi connectivity index (χ3v) is 6.35. The van der Waals surface area contributed by atoms with Gasteiger partial charge < -0.3 is 19.9 Å². The van der Waals surface area contributed by atoms with E-state index in [-0.39, 0.29) is 13.1 Å². The van der Waals surface area contributed by atoms with Crippen molar-refractivity contribution in [1.82, 2.24) is 29.7 Å². The molecule has 1 aliphatic rings. The lowest BCUT2D eigenvalue weighted by atomic mass is 10.1. The van der Waals surface area contributed by atoms with Crippen LogP contribution >= 0.6 is 0 Å². The Morgan fingerprint density at radius 1 is 1.11 bits per heavy atom. The van der Waals surface area contributed by atoms with Gasteiger partial charge in [0.1, 0.15) is 18.0 Å². The number of hydrogen-bond acceptors (Lipinski definition) is 7. The van der Waals surface area contributed by atoms with Gasteiger partial charge in [0, 0.05) is 50.7 Å². The van der Waals surface area contributed by atoms with Crippen LogP contribution in [0.5, 0.6) is 5.75 Å². The number of halogens is 3. The maximum absolute atomic E-state index is 12.5. The summed E-state index contributed by atoms with van der Waals surface area (Å²) in [5.41, 5.74) is 4.51. The predicted molar refractivity (Wildman–Crippen MR) is 136 cm³/mol. The highest BCUT2D eigenvalue weighted by Gasteiger charge is 2.34. The molecule has 38 heavy (non-hydrogen) atoms. The molecular formula is C26H26F3N7O2. The number of amides is 1. The van der Waals surface area contributed by atoms with Gasteiger partial charge in [-0.15, -0.1) is 0 Å². The number of methoxy groups -OCH3 is 1. The van der Waals surface area contributed by atoms with Crippen molar-refractivity contribution < 1.29 is 22.7 Å². The zero-order valence-electron chi connectivity index (χ0n) is 20.6. The van der Waals surface area contributed by atoms with Crippen LogP contribution in [0.1, 0.15) is 12.0 Å². The van der Waals surface area contributed by atoms with E-state index in [1.807, 2.05) is 36.4 Å². The van der Waals surface area contributed by atoms with Gasteiger partial charge in [-0.3, -0.25) is 14.7 Å². The van der Waals surface area contributed by atoms with Crippen LogP contribution in [0.3, 0.4) is 0 Å². The van der Waals surface area contributed by atoms with Crippen LogP contribution in [0.25, 0.3) is 22.2 Å². The number of aromatic amines is 1. The van der Waals surface area contributed by atoms with Crippen LogP contribution < -0.4 is 10.1 Å². The maximum atomic E-state index is 12.5. The van der Waals surface area contributed by atoms with Gasteiger partial charge in [-0.25, -0.2) is 9.97 Å². The predicted octanol–water partition coefficient (Wildman–Crippen LogP) is 4.37. The fourth-order valence-electron chi connectivity index (χ4n) is 4.48. The van der Waals surface area contributed by atoms with Crippen LogP contribution in [0.2, 0.25) is 0 Å². The number of carbonyl (C=O) groups excluding carboxylic acids is 1. The quantitative estimate of drug-likeness (QED) is 0.370. The van der Waals surface area contributed by atoms with E-state index < -0.39 is 18.5 Å².